The molecule has 1 saturated carbocycles. The van der Waals surface area contributed by atoms with Crippen molar-refractivity contribution in [1.29, 1.82) is 0 Å². The van der Waals surface area contributed by atoms with Gasteiger partial charge in [-0.15, -0.1) is 0 Å². The molecular weight excluding hydrogens is 190 g/mol. The molecule has 2 aliphatic rings. The maximum absolute atomic E-state index is 5.37. The van der Waals surface area contributed by atoms with Crippen molar-refractivity contribution >= 4 is 0 Å². The summed E-state index contributed by atoms with van der Waals surface area (Å²) in [5, 5.41) is 7.44. The molecule has 3 rings (SSSR count). The van der Waals surface area contributed by atoms with Crippen molar-refractivity contribution < 1.29 is 4.52 Å². The van der Waals surface area contributed by atoms with Crippen molar-refractivity contribution in [3.8, 4) is 0 Å². The minimum absolute atomic E-state index is 0.476. The molecule has 1 saturated heterocycles. The summed E-state index contributed by atoms with van der Waals surface area (Å²) in [4.78, 5) is 4.56. The van der Waals surface area contributed by atoms with E-state index < -0.39 is 0 Å². The van der Waals surface area contributed by atoms with Crippen LogP contribution in [0, 0.1) is 0 Å². The number of hydrogen-bond donors (Lipinski definition) is 1. The van der Waals surface area contributed by atoms with E-state index in [1.807, 2.05) is 0 Å². The molecule has 1 N–H and O–H groups in total. The Morgan fingerprint density at radius 1 is 1.13 bits per heavy atom. The van der Waals surface area contributed by atoms with Gasteiger partial charge in [0.15, 0.2) is 5.82 Å². The molecule has 15 heavy (non-hydrogen) atoms. The Morgan fingerprint density at radius 2 is 2.00 bits per heavy atom. The van der Waals surface area contributed by atoms with Crippen molar-refractivity contribution in [3.05, 3.63) is 11.7 Å². The summed E-state index contributed by atoms with van der Waals surface area (Å²) in [7, 11) is 0. The van der Waals surface area contributed by atoms with E-state index in [1.54, 1.807) is 0 Å². The van der Waals surface area contributed by atoms with Crippen LogP contribution in [0.15, 0.2) is 4.52 Å². The molecular formula is C11H17N3O. The number of hydrogen-bond acceptors (Lipinski definition) is 4. The summed E-state index contributed by atoms with van der Waals surface area (Å²) >= 11 is 0. The predicted molar refractivity (Wildman–Crippen MR) is 55.7 cm³/mol. The molecule has 0 radical (unpaired) electrons. The monoisotopic (exact) mass is 207 g/mol. The van der Waals surface area contributed by atoms with E-state index in [2.05, 4.69) is 15.5 Å². The Kier molecular flexibility index (Phi) is 2.44. The average molecular weight is 207 g/mol. The molecule has 1 aromatic heterocycles. The van der Waals surface area contributed by atoms with Gasteiger partial charge in [-0.1, -0.05) is 18.0 Å². The van der Waals surface area contributed by atoms with Crippen molar-refractivity contribution in [1.82, 2.24) is 15.5 Å². The summed E-state index contributed by atoms with van der Waals surface area (Å²) in [6, 6.07) is 0. The highest BCUT2D eigenvalue weighted by atomic mass is 16.5. The van der Waals surface area contributed by atoms with Gasteiger partial charge in [0.2, 0.25) is 5.89 Å². The van der Waals surface area contributed by atoms with E-state index in [0.717, 1.165) is 31.2 Å². The summed E-state index contributed by atoms with van der Waals surface area (Å²) < 4.78 is 5.37. The van der Waals surface area contributed by atoms with Crippen LogP contribution >= 0.6 is 0 Å². The fourth-order valence-electron chi connectivity index (χ4n) is 2.63. The zero-order valence-corrected chi connectivity index (χ0v) is 8.91. The number of aromatic nitrogens is 2. The molecule has 2 heterocycles. The first-order valence-corrected chi connectivity index (χ1v) is 5.97. The van der Waals surface area contributed by atoms with Gasteiger partial charge in [-0.25, -0.2) is 0 Å². The summed E-state index contributed by atoms with van der Waals surface area (Å²) in [6.07, 6.45) is 6.22. The maximum atomic E-state index is 5.37. The molecule has 82 valence electrons. The first kappa shape index (κ1) is 9.33. The molecule has 0 spiro atoms. The van der Waals surface area contributed by atoms with E-state index in [1.165, 1.54) is 25.7 Å². The number of rotatable bonds is 2. The van der Waals surface area contributed by atoms with Crippen LogP contribution in [0.3, 0.4) is 0 Å². The zero-order chi connectivity index (χ0) is 10.1. The van der Waals surface area contributed by atoms with E-state index >= 15 is 0 Å². The zero-order valence-electron chi connectivity index (χ0n) is 8.91. The lowest BCUT2D eigenvalue weighted by Gasteiger charge is -2.01. The van der Waals surface area contributed by atoms with Crippen LogP contribution in [0.1, 0.15) is 55.7 Å². The highest BCUT2D eigenvalue weighted by Crippen LogP contribution is 2.33. The van der Waals surface area contributed by atoms with Crippen LogP contribution < -0.4 is 5.32 Å². The third-order valence-corrected chi connectivity index (χ3v) is 3.59. The normalized spacial score (nSPS) is 27.6. The molecule has 1 aromatic rings. The van der Waals surface area contributed by atoms with Crippen LogP contribution in [0.5, 0.6) is 0 Å². The topological polar surface area (TPSA) is 51.0 Å². The molecule has 1 atom stereocenters. The van der Waals surface area contributed by atoms with Gasteiger partial charge in [0.25, 0.3) is 0 Å². The van der Waals surface area contributed by atoms with Gasteiger partial charge < -0.3 is 9.84 Å². The molecule has 1 unspecified atom stereocenters. The molecule has 0 bridgehead atoms. The van der Waals surface area contributed by atoms with Crippen LogP contribution in [0.4, 0.5) is 0 Å². The second-order valence-electron chi connectivity index (χ2n) is 4.66. The smallest absolute Gasteiger partial charge is 0.229 e. The summed E-state index contributed by atoms with van der Waals surface area (Å²) in [5.74, 6) is 2.82. The molecule has 4 heteroatoms. The summed E-state index contributed by atoms with van der Waals surface area (Å²) in [6.45, 7) is 2.08. The first-order chi connectivity index (χ1) is 7.43. The Labute approximate surface area is 89.4 Å². The van der Waals surface area contributed by atoms with E-state index in [0.29, 0.717) is 11.8 Å². The SMILES string of the molecule is C1CCC(c2nc(C3CCNC3)no2)C1. The van der Waals surface area contributed by atoms with E-state index in [4.69, 9.17) is 4.52 Å². The number of nitrogens with one attached hydrogen (secondary N) is 1. The molecule has 2 fully saturated rings. The Hall–Kier alpha value is -0.900. The lowest BCUT2D eigenvalue weighted by molar-refractivity contribution is 0.348. The molecule has 0 amide bonds. The second-order valence-corrected chi connectivity index (χ2v) is 4.66. The first-order valence-electron chi connectivity index (χ1n) is 5.97. The second kappa shape index (κ2) is 3.93. The van der Waals surface area contributed by atoms with Gasteiger partial charge in [-0.2, -0.15) is 4.98 Å². The fraction of sp³-hybridized carbons (Fsp3) is 0.818. The van der Waals surface area contributed by atoms with Gasteiger partial charge in [0.1, 0.15) is 0 Å². The van der Waals surface area contributed by atoms with Crippen LogP contribution in [-0.4, -0.2) is 23.2 Å². The van der Waals surface area contributed by atoms with E-state index in [-0.39, 0.29) is 0 Å². The Bertz CT molecular complexity index is 294. The molecule has 0 aromatic carbocycles. The van der Waals surface area contributed by atoms with Crippen LogP contribution in [0.25, 0.3) is 0 Å². The minimum atomic E-state index is 0.476. The van der Waals surface area contributed by atoms with Gasteiger partial charge in [0, 0.05) is 18.4 Å². The molecule has 1 aliphatic carbocycles. The largest absolute Gasteiger partial charge is 0.339 e. The Balaban J connectivity index is 1.74. The van der Waals surface area contributed by atoms with Crippen LogP contribution in [-0.2, 0) is 0 Å². The maximum Gasteiger partial charge on any atom is 0.229 e. The highest BCUT2D eigenvalue weighted by molar-refractivity contribution is 5.03. The standard InChI is InChI=1S/C11H17N3O/c1-2-4-8(3-1)11-13-10(14-15-11)9-5-6-12-7-9/h8-9,12H,1-7H2. The fourth-order valence-corrected chi connectivity index (χ4v) is 2.63. The summed E-state index contributed by atoms with van der Waals surface area (Å²) in [5.41, 5.74) is 0. The van der Waals surface area contributed by atoms with E-state index in [9.17, 15) is 0 Å². The van der Waals surface area contributed by atoms with Gasteiger partial charge in [-0.3, -0.25) is 0 Å². The van der Waals surface area contributed by atoms with Gasteiger partial charge in [0.05, 0.1) is 0 Å². The van der Waals surface area contributed by atoms with Gasteiger partial charge in [-0.05, 0) is 25.8 Å². The third-order valence-electron chi connectivity index (χ3n) is 3.59. The van der Waals surface area contributed by atoms with Crippen molar-refractivity contribution in [3.63, 3.8) is 0 Å². The number of nitrogens with zero attached hydrogens (tertiary/aromatic N) is 2. The third kappa shape index (κ3) is 1.78. The predicted octanol–water partition coefficient (Wildman–Crippen LogP) is 1.80. The lowest BCUT2D eigenvalue weighted by Crippen LogP contribution is -2.08. The van der Waals surface area contributed by atoms with Gasteiger partial charge >= 0.3 is 0 Å². The van der Waals surface area contributed by atoms with Crippen LogP contribution in [0.2, 0.25) is 0 Å². The quantitative estimate of drug-likeness (QED) is 0.803. The highest BCUT2D eigenvalue weighted by Gasteiger charge is 2.26. The van der Waals surface area contributed by atoms with Crippen molar-refractivity contribution in [2.45, 2.75) is 43.9 Å². The Morgan fingerprint density at radius 3 is 2.73 bits per heavy atom. The van der Waals surface area contributed by atoms with Crippen molar-refractivity contribution in [2.24, 2.45) is 0 Å². The lowest BCUT2D eigenvalue weighted by atomic mass is 10.1. The molecule has 4 nitrogen and oxygen atoms in total. The average Bonchev–Trinajstić information content (AvgIpc) is 3.02. The molecule has 1 aliphatic heterocycles. The van der Waals surface area contributed by atoms with Crippen molar-refractivity contribution in [2.75, 3.05) is 13.1 Å². The minimum Gasteiger partial charge on any atom is -0.339 e.